The lowest BCUT2D eigenvalue weighted by molar-refractivity contribution is 0.222. The molecule has 2 aliphatic rings. The van der Waals surface area contributed by atoms with Crippen molar-refractivity contribution in [1.29, 1.82) is 0 Å². The van der Waals surface area contributed by atoms with Gasteiger partial charge in [-0.25, -0.2) is 9.97 Å². The highest BCUT2D eigenvalue weighted by Gasteiger charge is 2.33. The number of rotatable bonds is 7. The first-order valence-corrected chi connectivity index (χ1v) is 11.8. The number of piperidine rings is 1. The predicted octanol–water partition coefficient (Wildman–Crippen LogP) is 5.99. The standard InChI is InChI=1S/C24H26Cl2N4O2/c1-31-22-11-18-21(27-13-28-24(18)30-17-4-5-19(25)20(26)10-17)12-23(22)32-7-6-14-8-15-2-3-16(9-14)29-15/h4-5,10-16,29H,2-3,6-9H2,1H3,(H,27,28,30)/t14?,15-,16+. The molecule has 5 rings (SSSR count). The van der Waals surface area contributed by atoms with Gasteiger partial charge in [0.25, 0.3) is 0 Å². The first kappa shape index (κ1) is 21.6. The Labute approximate surface area is 197 Å². The van der Waals surface area contributed by atoms with Crippen LogP contribution in [0, 0.1) is 5.92 Å². The highest BCUT2D eigenvalue weighted by Crippen LogP contribution is 2.37. The van der Waals surface area contributed by atoms with Crippen LogP contribution in [0.4, 0.5) is 11.5 Å². The Hall–Kier alpha value is -2.28. The van der Waals surface area contributed by atoms with Gasteiger partial charge in [-0.15, -0.1) is 0 Å². The molecular formula is C24H26Cl2N4O2. The molecular weight excluding hydrogens is 447 g/mol. The van der Waals surface area contributed by atoms with Crippen LogP contribution in [-0.4, -0.2) is 35.8 Å². The molecule has 0 spiro atoms. The van der Waals surface area contributed by atoms with Gasteiger partial charge in [-0.1, -0.05) is 23.2 Å². The zero-order valence-corrected chi connectivity index (χ0v) is 19.4. The molecule has 3 atom stereocenters. The molecule has 6 nitrogen and oxygen atoms in total. The maximum Gasteiger partial charge on any atom is 0.163 e. The Balaban J connectivity index is 1.32. The average Bonchev–Trinajstić information content (AvgIpc) is 3.14. The van der Waals surface area contributed by atoms with E-state index in [1.807, 2.05) is 18.2 Å². The van der Waals surface area contributed by atoms with Gasteiger partial charge in [0.2, 0.25) is 0 Å². The summed E-state index contributed by atoms with van der Waals surface area (Å²) in [6.07, 6.45) is 7.74. The van der Waals surface area contributed by atoms with Crippen LogP contribution in [0.25, 0.3) is 10.9 Å². The van der Waals surface area contributed by atoms with Crippen LogP contribution in [0.5, 0.6) is 11.5 Å². The van der Waals surface area contributed by atoms with Crippen molar-refractivity contribution < 1.29 is 9.47 Å². The Kier molecular flexibility index (Phi) is 6.26. The van der Waals surface area contributed by atoms with Gasteiger partial charge in [0.1, 0.15) is 12.1 Å². The summed E-state index contributed by atoms with van der Waals surface area (Å²) in [5.41, 5.74) is 1.56. The Morgan fingerprint density at radius 2 is 1.84 bits per heavy atom. The van der Waals surface area contributed by atoms with E-state index in [1.165, 1.54) is 32.0 Å². The van der Waals surface area contributed by atoms with Gasteiger partial charge >= 0.3 is 0 Å². The number of hydrogen-bond acceptors (Lipinski definition) is 6. The van der Waals surface area contributed by atoms with Crippen LogP contribution in [0.3, 0.4) is 0 Å². The molecule has 3 heterocycles. The fraction of sp³-hybridized carbons (Fsp3) is 0.417. The number of halogens is 2. The number of methoxy groups -OCH3 is 1. The summed E-state index contributed by atoms with van der Waals surface area (Å²) >= 11 is 12.2. The summed E-state index contributed by atoms with van der Waals surface area (Å²) in [6.45, 7) is 0.672. The van der Waals surface area contributed by atoms with Crippen LogP contribution in [-0.2, 0) is 0 Å². The average molecular weight is 473 g/mol. The molecule has 1 aromatic heterocycles. The third kappa shape index (κ3) is 4.58. The van der Waals surface area contributed by atoms with Gasteiger partial charge in [0, 0.05) is 29.2 Å². The van der Waals surface area contributed by atoms with E-state index in [2.05, 4.69) is 20.6 Å². The molecule has 32 heavy (non-hydrogen) atoms. The summed E-state index contributed by atoms with van der Waals surface area (Å²) < 4.78 is 11.8. The van der Waals surface area contributed by atoms with E-state index in [4.69, 9.17) is 32.7 Å². The number of hydrogen-bond donors (Lipinski definition) is 2. The van der Waals surface area contributed by atoms with Crippen LogP contribution in [0.15, 0.2) is 36.7 Å². The quantitative estimate of drug-likeness (QED) is 0.440. The Morgan fingerprint density at radius 3 is 2.59 bits per heavy atom. The Morgan fingerprint density at radius 1 is 1.03 bits per heavy atom. The van der Waals surface area contributed by atoms with E-state index in [0.29, 0.717) is 46.1 Å². The number of anilines is 2. The van der Waals surface area contributed by atoms with Crippen molar-refractivity contribution in [2.75, 3.05) is 19.0 Å². The Bertz CT molecular complexity index is 1110. The molecule has 1 unspecified atom stereocenters. The van der Waals surface area contributed by atoms with Gasteiger partial charge in [-0.3, -0.25) is 0 Å². The van der Waals surface area contributed by atoms with E-state index >= 15 is 0 Å². The van der Waals surface area contributed by atoms with E-state index < -0.39 is 0 Å². The number of aromatic nitrogens is 2. The SMILES string of the molecule is COc1cc2c(Nc3ccc(Cl)c(Cl)c3)ncnc2cc1OCCC1C[C@H]2CC[C@@H](C1)N2. The maximum atomic E-state index is 6.16. The van der Waals surface area contributed by atoms with E-state index in [9.17, 15) is 0 Å². The maximum absolute atomic E-state index is 6.16. The van der Waals surface area contributed by atoms with Crippen molar-refractivity contribution >= 4 is 45.6 Å². The number of nitrogens with zero attached hydrogens (tertiary/aromatic N) is 2. The van der Waals surface area contributed by atoms with E-state index in [-0.39, 0.29) is 0 Å². The summed E-state index contributed by atoms with van der Waals surface area (Å²) in [4.78, 5) is 8.84. The van der Waals surface area contributed by atoms with Crippen molar-refractivity contribution in [3.05, 3.63) is 46.7 Å². The fourth-order valence-corrected chi connectivity index (χ4v) is 5.19. The minimum absolute atomic E-state index is 0.477. The number of benzene rings is 2. The minimum Gasteiger partial charge on any atom is -0.493 e. The number of fused-ring (bicyclic) bond motifs is 3. The van der Waals surface area contributed by atoms with Crippen molar-refractivity contribution in [3.8, 4) is 11.5 Å². The van der Waals surface area contributed by atoms with E-state index in [1.54, 1.807) is 19.2 Å². The first-order chi connectivity index (χ1) is 15.6. The minimum atomic E-state index is 0.477. The molecule has 2 bridgehead atoms. The molecule has 168 valence electrons. The van der Waals surface area contributed by atoms with Crippen LogP contribution < -0.4 is 20.1 Å². The highest BCUT2D eigenvalue weighted by molar-refractivity contribution is 6.42. The highest BCUT2D eigenvalue weighted by atomic mass is 35.5. The molecule has 2 N–H and O–H groups in total. The molecule has 0 amide bonds. The molecule has 0 radical (unpaired) electrons. The van der Waals surface area contributed by atoms with Crippen molar-refractivity contribution in [2.45, 2.75) is 44.2 Å². The lowest BCUT2D eigenvalue weighted by Gasteiger charge is -2.29. The van der Waals surface area contributed by atoms with Crippen LogP contribution >= 0.6 is 23.2 Å². The zero-order chi connectivity index (χ0) is 22.1. The summed E-state index contributed by atoms with van der Waals surface area (Å²) in [5, 5.41) is 8.80. The third-order valence-electron chi connectivity index (χ3n) is 6.46. The largest absolute Gasteiger partial charge is 0.493 e. The lowest BCUT2D eigenvalue weighted by atomic mass is 9.90. The smallest absolute Gasteiger partial charge is 0.163 e. The van der Waals surface area contributed by atoms with Crippen molar-refractivity contribution in [3.63, 3.8) is 0 Å². The van der Waals surface area contributed by atoms with Gasteiger partial charge in [0.15, 0.2) is 11.5 Å². The van der Waals surface area contributed by atoms with Gasteiger partial charge < -0.3 is 20.1 Å². The normalized spacial score (nSPS) is 22.2. The first-order valence-electron chi connectivity index (χ1n) is 11.0. The second-order valence-electron chi connectivity index (χ2n) is 8.61. The van der Waals surface area contributed by atoms with Gasteiger partial charge in [-0.05, 0) is 62.3 Å². The summed E-state index contributed by atoms with van der Waals surface area (Å²) in [5.74, 6) is 2.75. The molecule has 0 aliphatic carbocycles. The number of nitrogens with one attached hydrogen (secondary N) is 2. The molecule has 2 aliphatic heterocycles. The molecule has 2 saturated heterocycles. The second-order valence-corrected chi connectivity index (χ2v) is 9.42. The van der Waals surface area contributed by atoms with Crippen molar-refractivity contribution in [2.24, 2.45) is 5.92 Å². The third-order valence-corrected chi connectivity index (χ3v) is 7.20. The second kappa shape index (κ2) is 9.30. The van der Waals surface area contributed by atoms with Gasteiger partial charge in [0.05, 0.1) is 29.3 Å². The monoisotopic (exact) mass is 472 g/mol. The summed E-state index contributed by atoms with van der Waals surface area (Å²) in [6, 6.07) is 10.6. The van der Waals surface area contributed by atoms with E-state index in [0.717, 1.165) is 28.9 Å². The molecule has 2 fully saturated rings. The topological polar surface area (TPSA) is 68.3 Å². The molecule has 2 aromatic carbocycles. The molecule has 8 heteroatoms. The lowest BCUT2D eigenvalue weighted by Crippen LogP contribution is -2.38. The number of ether oxygens (including phenoxy) is 2. The zero-order valence-electron chi connectivity index (χ0n) is 17.9. The predicted molar refractivity (Wildman–Crippen MR) is 129 cm³/mol. The summed E-state index contributed by atoms with van der Waals surface area (Å²) in [7, 11) is 1.65. The van der Waals surface area contributed by atoms with Crippen LogP contribution in [0.2, 0.25) is 10.0 Å². The van der Waals surface area contributed by atoms with Crippen molar-refractivity contribution in [1.82, 2.24) is 15.3 Å². The molecule has 0 saturated carbocycles. The van der Waals surface area contributed by atoms with Gasteiger partial charge in [-0.2, -0.15) is 0 Å². The fourth-order valence-electron chi connectivity index (χ4n) is 4.89. The molecule has 3 aromatic rings. The van der Waals surface area contributed by atoms with Crippen LogP contribution in [0.1, 0.15) is 32.1 Å².